The highest BCUT2D eigenvalue weighted by Crippen LogP contribution is 2.29. The summed E-state index contributed by atoms with van der Waals surface area (Å²) in [6.07, 6.45) is -0.795. The second kappa shape index (κ2) is 6.92. The molecule has 4 aromatic rings. The van der Waals surface area contributed by atoms with E-state index in [2.05, 4.69) is 10.2 Å². The molecule has 142 valence electrons. The normalized spacial score (nSPS) is 12.3. The number of rotatable bonds is 4. The number of para-hydroxylation sites is 1. The first-order valence-corrected chi connectivity index (χ1v) is 8.73. The van der Waals surface area contributed by atoms with Crippen LogP contribution in [0, 0.1) is 19.7 Å². The van der Waals surface area contributed by atoms with Gasteiger partial charge in [0, 0.05) is 16.5 Å². The molecule has 7 heteroatoms. The molecule has 0 saturated carbocycles. The van der Waals surface area contributed by atoms with Crippen LogP contribution in [0.25, 0.3) is 22.4 Å². The number of hydrogen-bond acceptors (Lipinski definition) is 6. The van der Waals surface area contributed by atoms with Gasteiger partial charge in [-0.1, -0.05) is 29.8 Å². The fraction of sp³-hybridized carbons (Fsp3) is 0.190. The third-order valence-electron chi connectivity index (χ3n) is 4.47. The fourth-order valence-electron chi connectivity index (χ4n) is 2.88. The van der Waals surface area contributed by atoms with Crippen molar-refractivity contribution in [1.82, 2.24) is 10.2 Å². The highest BCUT2D eigenvalue weighted by atomic mass is 19.1. The summed E-state index contributed by atoms with van der Waals surface area (Å²) < 4.78 is 30.3. The zero-order valence-electron chi connectivity index (χ0n) is 15.5. The van der Waals surface area contributed by atoms with E-state index in [1.54, 1.807) is 26.0 Å². The second-order valence-electron chi connectivity index (χ2n) is 6.53. The van der Waals surface area contributed by atoms with E-state index in [0.29, 0.717) is 16.8 Å². The molecule has 6 nitrogen and oxygen atoms in total. The summed E-state index contributed by atoms with van der Waals surface area (Å²) in [6.45, 7) is 5.27. The van der Waals surface area contributed by atoms with Gasteiger partial charge < -0.3 is 13.6 Å². The van der Waals surface area contributed by atoms with Crippen molar-refractivity contribution in [2.75, 3.05) is 0 Å². The monoisotopic (exact) mass is 380 g/mol. The van der Waals surface area contributed by atoms with E-state index in [9.17, 15) is 9.18 Å². The summed E-state index contributed by atoms with van der Waals surface area (Å²) in [4.78, 5) is 12.5. The van der Waals surface area contributed by atoms with Gasteiger partial charge in [-0.25, -0.2) is 9.18 Å². The highest BCUT2D eigenvalue weighted by molar-refractivity contribution is 5.96. The summed E-state index contributed by atoms with van der Waals surface area (Å²) in [5.41, 5.74) is 2.42. The Balaban J connectivity index is 1.55. The van der Waals surface area contributed by atoms with Crippen LogP contribution >= 0.6 is 0 Å². The van der Waals surface area contributed by atoms with E-state index < -0.39 is 17.9 Å². The van der Waals surface area contributed by atoms with Gasteiger partial charge in [-0.05, 0) is 39.0 Å². The van der Waals surface area contributed by atoms with Crippen molar-refractivity contribution in [3.05, 3.63) is 71.1 Å². The Hall–Kier alpha value is -3.48. The number of carbonyl (C=O) groups excluding carboxylic acids is 1. The standard InChI is InChI=1S/C21H17FN2O4/c1-11-7-9-14(10-8-11)20-24-23-19(28-20)13(3)26-21(25)17-12(2)15-5-4-6-16(22)18(15)27-17/h4-10,13H,1-3H3/t13-/m0/s1. The lowest BCUT2D eigenvalue weighted by Crippen LogP contribution is -2.09. The average Bonchev–Trinajstić information content (AvgIpc) is 3.29. The molecule has 0 aliphatic heterocycles. The quantitative estimate of drug-likeness (QED) is 0.455. The maximum absolute atomic E-state index is 13.9. The number of ether oxygens (including phenoxy) is 1. The van der Waals surface area contributed by atoms with E-state index in [-0.39, 0.29) is 17.2 Å². The van der Waals surface area contributed by atoms with Gasteiger partial charge in [-0.2, -0.15) is 0 Å². The van der Waals surface area contributed by atoms with Gasteiger partial charge in [0.1, 0.15) is 0 Å². The molecule has 28 heavy (non-hydrogen) atoms. The Kier molecular flexibility index (Phi) is 4.43. The summed E-state index contributed by atoms with van der Waals surface area (Å²) >= 11 is 0. The van der Waals surface area contributed by atoms with E-state index in [1.165, 1.54) is 6.07 Å². The minimum atomic E-state index is -0.795. The lowest BCUT2D eigenvalue weighted by Gasteiger charge is -2.08. The number of carbonyl (C=O) groups is 1. The first-order chi connectivity index (χ1) is 13.4. The molecule has 0 unspecified atom stereocenters. The molecule has 1 atom stereocenters. The van der Waals surface area contributed by atoms with Crippen LogP contribution in [0.5, 0.6) is 0 Å². The predicted molar refractivity (Wildman–Crippen MR) is 99.2 cm³/mol. The van der Waals surface area contributed by atoms with Crippen molar-refractivity contribution < 1.29 is 22.8 Å². The number of furan rings is 1. The number of nitrogens with zero attached hydrogens (tertiary/aromatic N) is 2. The third kappa shape index (κ3) is 3.15. The molecule has 0 fully saturated rings. The maximum atomic E-state index is 13.9. The number of esters is 1. The van der Waals surface area contributed by atoms with Gasteiger partial charge >= 0.3 is 5.97 Å². The molecule has 0 radical (unpaired) electrons. The Bertz CT molecular complexity index is 1160. The molecular formula is C21H17FN2O4. The number of aromatic nitrogens is 2. The lowest BCUT2D eigenvalue weighted by atomic mass is 10.1. The van der Waals surface area contributed by atoms with Crippen molar-refractivity contribution in [2.24, 2.45) is 0 Å². The van der Waals surface area contributed by atoms with Crippen molar-refractivity contribution in [3.63, 3.8) is 0 Å². The molecule has 0 spiro atoms. The highest BCUT2D eigenvalue weighted by Gasteiger charge is 2.25. The van der Waals surface area contributed by atoms with Gasteiger partial charge in [0.2, 0.25) is 11.7 Å². The van der Waals surface area contributed by atoms with Gasteiger partial charge in [0.15, 0.2) is 17.5 Å². The molecule has 2 aromatic heterocycles. The molecular weight excluding hydrogens is 363 g/mol. The summed E-state index contributed by atoms with van der Waals surface area (Å²) in [5.74, 6) is -0.822. The SMILES string of the molecule is Cc1ccc(-c2nnc([C@H](C)OC(=O)c3oc4c(F)cccc4c3C)o2)cc1. The van der Waals surface area contributed by atoms with Gasteiger partial charge in [-0.3, -0.25) is 0 Å². The smallest absolute Gasteiger partial charge is 0.375 e. The van der Waals surface area contributed by atoms with Crippen molar-refractivity contribution in [1.29, 1.82) is 0 Å². The second-order valence-corrected chi connectivity index (χ2v) is 6.53. The van der Waals surface area contributed by atoms with E-state index in [1.807, 2.05) is 31.2 Å². The molecule has 0 bridgehead atoms. The lowest BCUT2D eigenvalue weighted by molar-refractivity contribution is 0.0245. The van der Waals surface area contributed by atoms with Crippen LogP contribution < -0.4 is 0 Å². The summed E-state index contributed by atoms with van der Waals surface area (Å²) in [5, 5.41) is 8.48. The zero-order chi connectivity index (χ0) is 19.8. The van der Waals surface area contributed by atoms with Crippen molar-refractivity contribution in [2.45, 2.75) is 26.9 Å². The van der Waals surface area contributed by atoms with Crippen molar-refractivity contribution >= 4 is 16.9 Å². The molecule has 0 aliphatic rings. The summed E-state index contributed by atoms with van der Waals surface area (Å²) in [6, 6.07) is 12.1. The van der Waals surface area contributed by atoms with Crippen LogP contribution in [-0.2, 0) is 4.74 Å². The largest absolute Gasteiger partial charge is 0.447 e. The molecule has 2 aromatic carbocycles. The van der Waals surface area contributed by atoms with Crippen LogP contribution in [0.4, 0.5) is 4.39 Å². The molecule has 0 amide bonds. The zero-order valence-corrected chi connectivity index (χ0v) is 15.5. The molecule has 4 rings (SSSR count). The maximum Gasteiger partial charge on any atom is 0.375 e. The molecule has 0 saturated heterocycles. The Labute approximate surface area is 159 Å². The topological polar surface area (TPSA) is 78.4 Å². The number of fused-ring (bicyclic) bond motifs is 1. The number of halogens is 1. The van der Waals surface area contributed by atoms with Crippen LogP contribution in [0.2, 0.25) is 0 Å². The van der Waals surface area contributed by atoms with Crippen LogP contribution in [-0.4, -0.2) is 16.2 Å². The first-order valence-electron chi connectivity index (χ1n) is 8.73. The Morgan fingerprint density at radius 1 is 1.07 bits per heavy atom. The van der Waals surface area contributed by atoms with E-state index >= 15 is 0 Å². The first kappa shape index (κ1) is 17.9. The number of hydrogen-bond donors (Lipinski definition) is 0. The van der Waals surface area contributed by atoms with Gasteiger partial charge in [-0.15, -0.1) is 10.2 Å². The minimum Gasteiger partial charge on any atom is -0.447 e. The Morgan fingerprint density at radius 3 is 2.54 bits per heavy atom. The minimum absolute atomic E-state index is 0.0269. The fourth-order valence-corrected chi connectivity index (χ4v) is 2.88. The van der Waals surface area contributed by atoms with E-state index in [4.69, 9.17) is 13.6 Å². The number of benzene rings is 2. The summed E-state index contributed by atoms with van der Waals surface area (Å²) in [7, 11) is 0. The average molecular weight is 380 g/mol. The van der Waals surface area contributed by atoms with Crippen LogP contribution in [0.1, 0.15) is 40.6 Å². The third-order valence-corrected chi connectivity index (χ3v) is 4.47. The van der Waals surface area contributed by atoms with E-state index in [0.717, 1.165) is 11.1 Å². The van der Waals surface area contributed by atoms with Crippen LogP contribution in [0.3, 0.4) is 0 Å². The predicted octanol–water partition coefficient (Wildman–Crippen LogP) is 5.16. The van der Waals surface area contributed by atoms with Gasteiger partial charge in [0.05, 0.1) is 0 Å². The molecule has 0 N–H and O–H groups in total. The van der Waals surface area contributed by atoms with Gasteiger partial charge in [0.25, 0.3) is 5.89 Å². The Morgan fingerprint density at radius 2 is 1.82 bits per heavy atom. The van der Waals surface area contributed by atoms with Crippen LogP contribution in [0.15, 0.2) is 51.3 Å². The molecule has 0 aliphatic carbocycles. The van der Waals surface area contributed by atoms with Crippen molar-refractivity contribution in [3.8, 4) is 11.5 Å². The molecule has 2 heterocycles. The number of aryl methyl sites for hydroxylation is 2.